The standard InChI is InChI=1S/C25H27N3O4S2/c1-28(2)19-10-8-18(9-11-19)23(24-16-26-25-7-5-4-6-22(24)25)17-27-34(31,32)21-14-12-20(13-15-21)33(3,29)30/h4-16,23,26-27H,17H2,1-3H3. The fourth-order valence-corrected chi connectivity index (χ4v) is 5.61. The molecule has 1 atom stereocenters. The average molecular weight is 498 g/mol. The average Bonchev–Trinajstić information content (AvgIpc) is 3.23. The van der Waals surface area contributed by atoms with Gasteiger partial charge in [-0.1, -0.05) is 30.3 Å². The number of aromatic amines is 1. The summed E-state index contributed by atoms with van der Waals surface area (Å²) in [7, 11) is -3.33. The Hall–Kier alpha value is -3.14. The van der Waals surface area contributed by atoms with Crippen molar-refractivity contribution in [1.29, 1.82) is 0 Å². The van der Waals surface area contributed by atoms with Gasteiger partial charge in [-0.2, -0.15) is 0 Å². The molecular formula is C25H27N3O4S2. The number of H-pyrrole nitrogens is 1. The lowest BCUT2D eigenvalue weighted by molar-refractivity contribution is 0.577. The molecule has 0 spiro atoms. The van der Waals surface area contributed by atoms with Crippen molar-refractivity contribution in [2.45, 2.75) is 15.7 Å². The number of aromatic nitrogens is 1. The summed E-state index contributed by atoms with van der Waals surface area (Å²) >= 11 is 0. The molecule has 9 heteroatoms. The largest absolute Gasteiger partial charge is 0.378 e. The Morgan fingerprint density at radius 3 is 2.09 bits per heavy atom. The Morgan fingerprint density at radius 2 is 1.47 bits per heavy atom. The van der Waals surface area contributed by atoms with E-state index in [9.17, 15) is 16.8 Å². The summed E-state index contributed by atoms with van der Waals surface area (Å²) in [5.41, 5.74) is 3.99. The summed E-state index contributed by atoms with van der Waals surface area (Å²) < 4.78 is 52.2. The zero-order chi connectivity index (χ0) is 24.5. The Bertz CT molecular complexity index is 1510. The van der Waals surface area contributed by atoms with Gasteiger partial charge in [0.15, 0.2) is 9.84 Å². The first-order valence-corrected chi connectivity index (χ1v) is 14.1. The second kappa shape index (κ2) is 9.25. The number of hydrogen-bond donors (Lipinski definition) is 2. The van der Waals surface area contributed by atoms with Crippen molar-refractivity contribution in [2.75, 3.05) is 31.8 Å². The molecule has 0 amide bonds. The van der Waals surface area contributed by atoms with Crippen LogP contribution in [0.1, 0.15) is 17.0 Å². The molecule has 0 radical (unpaired) electrons. The Kier molecular flexibility index (Phi) is 6.53. The minimum absolute atomic E-state index is 0.0144. The summed E-state index contributed by atoms with van der Waals surface area (Å²) in [6, 6.07) is 21.2. The van der Waals surface area contributed by atoms with Gasteiger partial charge >= 0.3 is 0 Å². The van der Waals surface area contributed by atoms with E-state index in [0.29, 0.717) is 0 Å². The van der Waals surface area contributed by atoms with E-state index in [0.717, 1.165) is 34.0 Å². The van der Waals surface area contributed by atoms with Crippen LogP contribution in [0.3, 0.4) is 0 Å². The predicted molar refractivity (Wildman–Crippen MR) is 136 cm³/mol. The van der Waals surface area contributed by atoms with Gasteiger partial charge in [0.2, 0.25) is 10.0 Å². The minimum Gasteiger partial charge on any atom is -0.378 e. The zero-order valence-electron chi connectivity index (χ0n) is 19.2. The Morgan fingerprint density at radius 1 is 0.853 bits per heavy atom. The van der Waals surface area contributed by atoms with E-state index in [-0.39, 0.29) is 22.3 Å². The molecule has 0 bridgehead atoms. The maximum Gasteiger partial charge on any atom is 0.240 e. The van der Waals surface area contributed by atoms with Crippen molar-refractivity contribution < 1.29 is 16.8 Å². The third kappa shape index (κ3) is 5.01. The van der Waals surface area contributed by atoms with Crippen LogP contribution in [0.2, 0.25) is 0 Å². The van der Waals surface area contributed by atoms with Gasteiger partial charge in [0, 0.05) is 55.6 Å². The molecule has 7 nitrogen and oxygen atoms in total. The highest BCUT2D eigenvalue weighted by Crippen LogP contribution is 2.32. The van der Waals surface area contributed by atoms with Crippen LogP contribution in [0.15, 0.2) is 88.8 Å². The molecule has 178 valence electrons. The molecule has 4 aromatic rings. The maximum atomic E-state index is 13.0. The van der Waals surface area contributed by atoms with Crippen molar-refractivity contribution in [1.82, 2.24) is 9.71 Å². The van der Waals surface area contributed by atoms with Gasteiger partial charge < -0.3 is 9.88 Å². The van der Waals surface area contributed by atoms with Crippen LogP contribution < -0.4 is 9.62 Å². The van der Waals surface area contributed by atoms with Crippen LogP contribution in [-0.2, 0) is 19.9 Å². The van der Waals surface area contributed by atoms with E-state index in [2.05, 4.69) is 9.71 Å². The molecule has 4 rings (SSSR count). The van der Waals surface area contributed by atoms with Crippen LogP contribution >= 0.6 is 0 Å². The van der Waals surface area contributed by atoms with E-state index < -0.39 is 19.9 Å². The van der Waals surface area contributed by atoms with Gasteiger partial charge in [-0.15, -0.1) is 0 Å². The second-order valence-corrected chi connectivity index (χ2v) is 12.2. The van der Waals surface area contributed by atoms with E-state index in [1.807, 2.05) is 73.7 Å². The molecule has 0 fully saturated rings. The topological polar surface area (TPSA) is 99.3 Å². The molecule has 1 unspecified atom stereocenters. The molecule has 3 aromatic carbocycles. The molecular weight excluding hydrogens is 470 g/mol. The minimum atomic E-state index is -3.85. The van der Waals surface area contributed by atoms with Gasteiger partial charge in [0.1, 0.15) is 0 Å². The lowest BCUT2D eigenvalue weighted by Crippen LogP contribution is -2.29. The number of sulfonamides is 1. The smallest absolute Gasteiger partial charge is 0.240 e. The van der Waals surface area contributed by atoms with Crippen LogP contribution in [0.4, 0.5) is 5.69 Å². The first-order chi connectivity index (χ1) is 16.1. The highest BCUT2D eigenvalue weighted by molar-refractivity contribution is 7.90. The van der Waals surface area contributed by atoms with E-state index in [4.69, 9.17) is 0 Å². The number of para-hydroxylation sites is 1. The second-order valence-electron chi connectivity index (χ2n) is 8.42. The van der Waals surface area contributed by atoms with Crippen LogP contribution in [-0.4, -0.2) is 48.7 Å². The monoisotopic (exact) mass is 497 g/mol. The third-order valence-corrected chi connectivity index (χ3v) is 8.42. The fourth-order valence-electron chi connectivity index (χ4n) is 3.94. The van der Waals surface area contributed by atoms with Crippen molar-refractivity contribution in [3.63, 3.8) is 0 Å². The molecule has 1 heterocycles. The van der Waals surface area contributed by atoms with Gasteiger partial charge in [-0.25, -0.2) is 21.6 Å². The molecule has 0 saturated carbocycles. The fraction of sp³-hybridized carbons (Fsp3) is 0.200. The summed E-state index contributed by atoms with van der Waals surface area (Å²) in [5.74, 6) is -0.238. The highest BCUT2D eigenvalue weighted by atomic mass is 32.2. The summed E-state index contributed by atoms with van der Waals surface area (Å²) in [4.78, 5) is 5.37. The first-order valence-electron chi connectivity index (χ1n) is 10.7. The number of sulfone groups is 1. The SMILES string of the molecule is CN(C)c1ccc(C(CNS(=O)(=O)c2ccc(S(C)(=O)=O)cc2)c2c[nH]c3ccccc23)cc1. The lowest BCUT2D eigenvalue weighted by Gasteiger charge is -2.20. The Balaban J connectivity index is 1.67. The van der Waals surface area contributed by atoms with Crippen LogP contribution in [0.25, 0.3) is 10.9 Å². The van der Waals surface area contributed by atoms with Crippen LogP contribution in [0, 0.1) is 0 Å². The van der Waals surface area contributed by atoms with E-state index in [1.54, 1.807) is 0 Å². The van der Waals surface area contributed by atoms with Crippen molar-refractivity contribution >= 4 is 36.5 Å². The van der Waals surface area contributed by atoms with E-state index in [1.165, 1.54) is 24.3 Å². The lowest BCUT2D eigenvalue weighted by atomic mass is 9.91. The van der Waals surface area contributed by atoms with Gasteiger partial charge in [-0.05, 0) is 53.6 Å². The summed E-state index contributed by atoms with van der Waals surface area (Å²) in [6.07, 6.45) is 3.01. The van der Waals surface area contributed by atoms with Crippen LogP contribution in [0.5, 0.6) is 0 Å². The molecule has 0 aliphatic carbocycles. The predicted octanol–water partition coefficient (Wildman–Crippen LogP) is 3.75. The molecule has 1 aromatic heterocycles. The molecule has 34 heavy (non-hydrogen) atoms. The number of hydrogen-bond acceptors (Lipinski definition) is 5. The summed E-state index contributed by atoms with van der Waals surface area (Å²) in [5, 5.41) is 1.03. The Labute approximate surface area is 200 Å². The first kappa shape index (κ1) is 24.0. The molecule has 0 aliphatic heterocycles. The molecule has 2 N–H and O–H groups in total. The number of benzene rings is 3. The highest BCUT2D eigenvalue weighted by Gasteiger charge is 2.22. The van der Waals surface area contributed by atoms with Gasteiger partial charge in [0.25, 0.3) is 0 Å². The molecule has 0 aliphatic rings. The molecule has 0 saturated heterocycles. The normalized spacial score (nSPS) is 13.1. The number of rotatable bonds is 8. The number of fused-ring (bicyclic) bond motifs is 1. The number of anilines is 1. The zero-order valence-corrected chi connectivity index (χ0v) is 20.8. The van der Waals surface area contributed by atoms with Gasteiger partial charge in [0.05, 0.1) is 9.79 Å². The number of nitrogens with zero attached hydrogens (tertiary/aromatic N) is 1. The number of nitrogens with one attached hydrogen (secondary N) is 2. The van der Waals surface area contributed by atoms with Crippen molar-refractivity contribution in [3.8, 4) is 0 Å². The third-order valence-electron chi connectivity index (χ3n) is 5.85. The quantitative estimate of drug-likeness (QED) is 0.386. The maximum absolute atomic E-state index is 13.0. The van der Waals surface area contributed by atoms with E-state index >= 15 is 0 Å². The van der Waals surface area contributed by atoms with Crippen molar-refractivity contribution in [2.24, 2.45) is 0 Å². The van der Waals surface area contributed by atoms with Gasteiger partial charge in [-0.3, -0.25) is 0 Å². The summed E-state index contributed by atoms with van der Waals surface area (Å²) in [6.45, 7) is 0.138. The van der Waals surface area contributed by atoms with Crippen molar-refractivity contribution in [3.05, 3.63) is 90.1 Å².